The minimum absolute atomic E-state index is 0.106. The lowest BCUT2D eigenvalue weighted by molar-refractivity contribution is -0.133. The van der Waals surface area contributed by atoms with Crippen LogP contribution in [0.15, 0.2) is 34.2 Å². The fraction of sp³-hybridized carbons (Fsp3) is 0.609. The van der Waals surface area contributed by atoms with Crippen LogP contribution in [0.3, 0.4) is 0 Å². The first-order valence-electron chi connectivity index (χ1n) is 11.7. The van der Waals surface area contributed by atoms with Crippen LogP contribution in [0, 0.1) is 5.92 Å². The number of carbonyl (C=O) groups excluding carboxylic acids is 2. The van der Waals surface area contributed by atoms with E-state index in [4.69, 9.17) is 0 Å². The second-order valence-corrected chi connectivity index (χ2v) is 10.4. The standard InChI is InChI=1S/C23H35N5O4S/c1-5-27(6-2)20(29)16-26-12-9-13-28(15-14-26)23(30)21(17(3)4)24-22-18-10-7-8-11-19(18)33(31,32)25-22/h7-8,10-11,17,21H,5-6,9,12-16H2,1-4H3,(H,24,25)/t21-/m0/s1. The summed E-state index contributed by atoms with van der Waals surface area (Å²) < 4.78 is 27.3. The van der Waals surface area contributed by atoms with Gasteiger partial charge in [-0.3, -0.25) is 24.2 Å². The van der Waals surface area contributed by atoms with Gasteiger partial charge in [-0.15, -0.1) is 0 Å². The van der Waals surface area contributed by atoms with E-state index in [1.54, 1.807) is 23.1 Å². The minimum atomic E-state index is -3.66. The third-order valence-electron chi connectivity index (χ3n) is 6.19. The molecule has 1 N–H and O–H groups in total. The Hall–Kier alpha value is -2.46. The molecule has 0 aromatic heterocycles. The van der Waals surface area contributed by atoms with E-state index in [2.05, 4.69) is 14.6 Å². The average molecular weight is 478 g/mol. The molecular weight excluding hydrogens is 442 g/mol. The van der Waals surface area contributed by atoms with Gasteiger partial charge in [0.15, 0.2) is 0 Å². The molecule has 1 aromatic carbocycles. The smallest absolute Gasteiger partial charge is 0.263 e. The van der Waals surface area contributed by atoms with Crippen LogP contribution >= 0.6 is 0 Å². The Labute approximate surface area is 196 Å². The van der Waals surface area contributed by atoms with Crippen LogP contribution in [0.25, 0.3) is 0 Å². The zero-order valence-corrected chi connectivity index (χ0v) is 20.8. The summed E-state index contributed by atoms with van der Waals surface area (Å²) >= 11 is 0. The number of nitrogens with zero attached hydrogens (tertiary/aromatic N) is 4. The number of likely N-dealkylation sites (N-methyl/N-ethyl adjacent to an activating group) is 1. The van der Waals surface area contributed by atoms with Crippen LogP contribution in [0.5, 0.6) is 0 Å². The largest absolute Gasteiger partial charge is 0.342 e. The van der Waals surface area contributed by atoms with Crippen molar-refractivity contribution in [2.24, 2.45) is 10.9 Å². The highest BCUT2D eigenvalue weighted by Crippen LogP contribution is 2.24. The zero-order valence-electron chi connectivity index (χ0n) is 20.0. The van der Waals surface area contributed by atoms with Crippen LogP contribution in [0.1, 0.15) is 39.7 Å². The second kappa shape index (κ2) is 10.6. The van der Waals surface area contributed by atoms with Crippen LogP contribution in [0.4, 0.5) is 0 Å². The number of fused-ring (bicyclic) bond motifs is 1. The van der Waals surface area contributed by atoms with Crippen LogP contribution in [0.2, 0.25) is 0 Å². The predicted octanol–water partition coefficient (Wildman–Crippen LogP) is 1.15. The van der Waals surface area contributed by atoms with Gasteiger partial charge in [0.2, 0.25) is 11.8 Å². The van der Waals surface area contributed by atoms with Gasteiger partial charge in [0.1, 0.15) is 11.9 Å². The fourth-order valence-electron chi connectivity index (χ4n) is 4.26. The van der Waals surface area contributed by atoms with Gasteiger partial charge in [-0.1, -0.05) is 26.0 Å². The number of aliphatic imine (C=N–C) groups is 1. The minimum Gasteiger partial charge on any atom is -0.342 e. The first kappa shape index (κ1) is 25.2. The molecule has 0 spiro atoms. The molecule has 0 aliphatic carbocycles. The maximum Gasteiger partial charge on any atom is 0.263 e. The molecule has 10 heteroatoms. The summed E-state index contributed by atoms with van der Waals surface area (Å²) in [6.07, 6.45) is 0.772. The zero-order chi connectivity index (χ0) is 24.2. The summed E-state index contributed by atoms with van der Waals surface area (Å²) in [5.74, 6) is 0.112. The molecule has 33 heavy (non-hydrogen) atoms. The Bertz CT molecular complexity index is 1000. The van der Waals surface area contributed by atoms with E-state index in [1.165, 1.54) is 6.07 Å². The number of hydrogen-bond acceptors (Lipinski definition) is 6. The summed E-state index contributed by atoms with van der Waals surface area (Å²) in [6, 6.07) is 5.96. The first-order chi connectivity index (χ1) is 15.7. The molecule has 0 bridgehead atoms. The van der Waals surface area contributed by atoms with E-state index in [1.807, 2.05) is 32.6 Å². The molecule has 182 valence electrons. The highest BCUT2D eigenvalue weighted by Gasteiger charge is 2.34. The summed E-state index contributed by atoms with van der Waals surface area (Å²) in [7, 11) is -3.66. The molecule has 2 aliphatic heterocycles. The van der Waals surface area contributed by atoms with Crippen molar-refractivity contribution in [3.8, 4) is 0 Å². The summed E-state index contributed by atoms with van der Waals surface area (Å²) in [5, 5.41) is 0. The van der Waals surface area contributed by atoms with Gasteiger partial charge in [-0.2, -0.15) is 0 Å². The Morgan fingerprint density at radius 3 is 2.45 bits per heavy atom. The lowest BCUT2D eigenvalue weighted by Gasteiger charge is -2.27. The average Bonchev–Trinajstić information content (AvgIpc) is 2.91. The van der Waals surface area contributed by atoms with E-state index in [-0.39, 0.29) is 28.5 Å². The van der Waals surface area contributed by atoms with E-state index >= 15 is 0 Å². The molecular formula is C23H35N5O4S. The molecule has 1 atom stereocenters. The highest BCUT2D eigenvalue weighted by molar-refractivity contribution is 7.90. The molecule has 0 saturated carbocycles. The quantitative estimate of drug-likeness (QED) is 0.635. The monoisotopic (exact) mass is 477 g/mol. The van der Waals surface area contributed by atoms with Crippen molar-refractivity contribution >= 4 is 27.7 Å². The molecule has 2 heterocycles. The molecule has 9 nitrogen and oxygen atoms in total. The van der Waals surface area contributed by atoms with E-state index < -0.39 is 16.1 Å². The fourth-order valence-corrected chi connectivity index (χ4v) is 5.50. The molecule has 1 aromatic rings. The maximum atomic E-state index is 13.4. The van der Waals surface area contributed by atoms with Crippen molar-refractivity contribution in [2.75, 3.05) is 45.8 Å². The molecule has 1 saturated heterocycles. The number of amides is 2. The Morgan fingerprint density at radius 1 is 1.09 bits per heavy atom. The summed E-state index contributed by atoms with van der Waals surface area (Å²) in [4.78, 5) is 36.4. The molecule has 0 radical (unpaired) electrons. The topological polar surface area (TPSA) is 102 Å². The van der Waals surface area contributed by atoms with Crippen molar-refractivity contribution in [1.29, 1.82) is 0 Å². The van der Waals surface area contributed by atoms with E-state index in [0.29, 0.717) is 44.8 Å². The normalized spacial score (nSPS) is 20.3. The second-order valence-electron chi connectivity index (χ2n) is 8.79. The third kappa shape index (κ3) is 5.73. The Morgan fingerprint density at radius 2 is 1.79 bits per heavy atom. The van der Waals surface area contributed by atoms with Gasteiger partial charge in [0.05, 0.1) is 11.4 Å². The van der Waals surface area contributed by atoms with Crippen molar-refractivity contribution < 1.29 is 18.0 Å². The number of hydrogen-bond donors (Lipinski definition) is 1. The number of amidine groups is 1. The summed E-state index contributed by atoms with van der Waals surface area (Å²) in [5.41, 5.74) is 0.493. The number of benzene rings is 1. The Kier molecular flexibility index (Phi) is 8.12. The van der Waals surface area contributed by atoms with Crippen molar-refractivity contribution in [3.05, 3.63) is 29.8 Å². The van der Waals surface area contributed by atoms with Crippen molar-refractivity contribution in [2.45, 2.75) is 45.1 Å². The van der Waals surface area contributed by atoms with Gasteiger partial charge in [-0.25, -0.2) is 8.42 Å². The maximum absolute atomic E-state index is 13.4. The van der Waals surface area contributed by atoms with Crippen LogP contribution < -0.4 is 4.72 Å². The lowest BCUT2D eigenvalue weighted by atomic mass is 10.0. The number of nitrogens with one attached hydrogen (secondary N) is 1. The van der Waals surface area contributed by atoms with Crippen molar-refractivity contribution in [3.63, 3.8) is 0 Å². The van der Waals surface area contributed by atoms with Gasteiger partial charge in [-0.05, 0) is 38.3 Å². The molecule has 2 amide bonds. The third-order valence-corrected chi connectivity index (χ3v) is 7.59. The van der Waals surface area contributed by atoms with E-state index in [0.717, 1.165) is 13.0 Å². The summed E-state index contributed by atoms with van der Waals surface area (Å²) in [6.45, 7) is 12.0. The first-order valence-corrected chi connectivity index (χ1v) is 13.1. The van der Waals surface area contributed by atoms with Crippen LogP contribution in [-0.4, -0.2) is 92.6 Å². The molecule has 3 rings (SSSR count). The van der Waals surface area contributed by atoms with Gasteiger partial charge in [0.25, 0.3) is 10.0 Å². The Balaban J connectivity index is 1.72. The number of rotatable bonds is 7. The number of carbonyl (C=O) groups is 2. The van der Waals surface area contributed by atoms with Gasteiger partial charge < -0.3 is 9.80 Å². The highest BCUT2D eigenvalue weighted by atomic mass is 32.2. The SMILES string of the molecule is CCN(CC)C(=O)CN1CCCN(C(=O)[C@@H](N=C2NS(=O)(=O)c3ccccc32)C(C)C)CC1. The molecule has 1 fully saturated rings. The number of sulfonamides is 1. The van der Waals surface area contributed by atoms with Crippen molar-refractivity contribution in [1.82, 2.24) is 19.4 Å². The van der Waals surface area contributed by atoms with Gasteiger partial charge >= 0.3 is 0 Å². The molecule has 0 unspecified atom stereocenters. The van der Waals surface area contributed by atoms with Gasteiger partial charge in [0, 0.05) is 44.8 Å². The molecule has 2 aliphatic rings. The lowest BCUT2D eigenvalue weighted by Crippen LogP contribution is -2.44. The van der Waals surface area contributed by atoms with E-state index in [9.17, 15) is 18.0 Å². The van der Waals surface area contributed by atoms with Crippen LogP contribution in [-0.2, 0) is 19.6 Å². The predicted molar refractivity (Wildman–Crippen MR) is 127 cm³/mol.